The Morgan fingerprint density at radius 1 is 0.842 bits per heavy atom. The van der Waals surface area contributed by atoms with Gasteiger partial charge in [-0.05, 0) is 87.4 Å². The molecule has 0 aromatic heterocycles. The molecule has 0 bridgehead atoms. The minimum absolute atomic E-state index is 0.140. The molecule has 194 valence electrons. The van der Waals surface area contributed by atoms with Crippen LogP contribution in [0.25, 0.3) is 0 Å². The number of hydrogen-bond donors (Lipinski definition) is 2. The molecule has 3 amide bonds. The number of anilines is 3. The molecule has 1 aliphatic heterocycles. The van der Waals surface area contributed by atoms with Crippen LogP contribution in [0.2, 0.25) is 0 Å². The number of nitrogens with zero attached hydrogens (tertiary/aromatic N) is 1. The summed E-state index contributed by atoms with van der Waals surface area (Å²) in [6, 6.07) is 18.1. The van der Waals surface area contributed by atoms with Gasteiger partial charge in [-0.1, -0.05) is 29.8 Å². The van der Waals surface area contributed by atoms with E-state index in [4.69, 9.17) is 16.3 Å². The van der Waals surface area contributed by atoms with Crippen molar-refractivity contribution in [2.75, 3.05) is 15.5 Å². The second-order valence-corrected chi connectivity index (χ2v) is 9.48. The van der Waals surface area contributed by atoms with Gasteiger partial charge in [0.2, 0.25) is 0 Å². The van der Waals surface area contributed by atoms with Gasteiger partial charge in [0.1, 0.15) is 10.7 Å². The van der Waals surface area contributed by atoms with Crippen LogP contribution in [0.1, 0.15) is 45.7 Å². The third-order valence-corrected chi connectivity index (χ3v) is 6.22. The number of ether oxygens (including phenoxy) is 1. The predicted octanol–water partition coefficient (Wildman–Crippen LogP) is 5.56. The second kappa shape index (κ2) is 10.9. The van der Waals surface area contributed by atoms with Crippen LogP contribution >= 0.6 is 11.6 Å². The summed E-state index contributed by atoms with van der Waals surface area (Å²) < 4.78 is 5.20. The third kappa shape index (κ3) is 5.60. The number of carbonyl (C=O) groups is 4. The summed E-state index contributed by atoms with van der Waals surface area (Å²) >= 11 is 6.26. The standard InChI is InChI=1S/C29H26ClN3O5/c1-16(2)38-29(37)20-8-6-10-23(15-20)33-27(35)24(30)25(28(33)36)31-21-9-5-7-19(14-21)26(34)32-22-12-11-17(3)18(4)13-22/h5-16,31H,1-4H3,(H,32,34). The van der Waals surface area contributed by atoms with E-state index in [0.717, 1.165) is 16.0 Å². The first-order chi connectivity index (χ1) is 18.0. The molecule has 0 saturated heterocycles. The zero-order valence-electron chi connectivity index (χ0n) is 21.3. The number of benzene rings is 3. The fourth-order valence-corrected chi connectivity index (χ4v) is 4.02. The molecule has 0 saturated carbocycles. The Bertz CT molecular complexity index is 1500. The van der Waals surface area contributed by atoms with E-state index < -0.39 is 17.8 Å². The van der Waals surface area contributed by atoms with Crippen molar-refractivity contribution in [3.05, 3.63) is 99.7 Å². The van der Waals surface area contributed by atoms with Gasteiger partial charge in [0.25, 0.3) is 17.7 Å². The molecule has 1 heterocycles. The van der Waals surface area contributed by atoms with E-state index in [1.165, 1.54) is 18.2 Å². The number of imide groups is 1. The lowest BCUT2D eigenvalue weighted by atomic mass is 10.1. The molecule has 0 aliphatic carbocycles. The van der Waals surface area contributed by atoms with Crippen molar-refractivity contribution in [1.29, 1.82) is 0 Å². The lowest BCUT2D eigenvalue weighted by molar-refractivity contribution is -0.120. The van der Waals surface area contributed by atoms with Crippen molar-refractivity contribution in [2.24, 2.45) is 0 Å². The molecule has 3 aromatic rings. The van der Waals surface area contributed by atoms with Crippen LogP contribution in [0.3, 0.4) is 0 Å². The quantitative estimate of drug-likeness (QED) is 0.305. The first kappa shape index (κ1) is 26.6. The molecule has 0 atom stereocenters. The van der Waals surface area contributed by atoms with Crippen LogP contribution in [-0.4, -0.2) is 29.8 Å². The zero-order chi connectivity index (χ0) is 27.6. The largest absolute Gasteiger partial charge is 0.459 e. The normalized spacial score (nSPS) is 13.3. The molecule has 0 fully saturated rings. The van der Waals surface area contributed by atoms with Crippen molar-refractivity contribution in [3.63, 3.8) is 0 Å². The highest BCUT2D eigenvalue weighted by molar-refractivity contribution is 6.53. The Morgan fingerprint density at radius 3 is 2.26 bits per heavy atom. The Hall–Kier alpha value is -4.43. The number of amides is 3. The summed E-state index contributed by atoms with van der Waals surface area (Å²) in [5.41, 5.74) is 3.79. The van der Waals surface area contributed by atoms with Gasteiger partial charge in [-0.3, -0.25) is 14.4 Å². The number of aryl methyl sites for hydroxylation is 2. The number of carbonyl (C=O) groups excluding carboxylic acids is 4. The van der Waals surface area contributed by atoms with Crippen molar-refractivity contribution < 1.29 is 23.9 Å². The average Bonchev–Trinajstić information content (AvgIpc) is 3.09. The summed E-state index contributed by atoms with van der Waals surface area (Å²) in [6.45, 7) is 7.39. The molecule has 9 heteroatoms. The lowest BCUT2D eigenvalue weighted by Gasteiger charge is -2.16. The average molecular weight is 532 g/mol. The van der Waals surface area contributed by atoms with Gasteiger partial charge in [0.15, 0.2) is 0 Å². The summed E-state index contributed by atoms with van der Waals surface area (Å²) in [6.07, 6.45) is -0.327. The smallest absolute Gasteiger partial charge is 0.338 e. The third-order valence-electron chi connectivity index (χ3n) is 5.87. The van der Waals surface area contributed by atoms with Gasteiger partial charge in [-0.25, -0.2) is 9.69 Å². The van der Waals surface area contributed by atoms with Crippen molar-refractivity contribution in [3.8, 4) is 0 Å². The highest BCUT2D eigenvalue weighted by atomic mass is 35.5. The summed E-state index contributed by atoms with van der Waals surface area (Å²) in [7, 11) is 0. The molecule has 0 radical (unpaired) electrons. The van der Waals surface area contributed by atoms with Gasteiger partial charge in [-0.2, -0.15) is 0 Å². The molecule has 38 heavy (non-hydrogen) atoms. The Kier molecular flexibility index (Phi) is 7.64. The molecule has 1 aliphatic rings. The number of hydrogen-bond acceptors (Lipinski definition) is 6. The van der Waals surface area contributed by atoms with E-state index in [9.17, 15) is 19.2 Å². The van der Waals surface area contributed by atoms with Crippen LogP contribution in [0.4, 0.5) is 17.1 Å². The van der Waals surface area contributed by atoms with Gasteiger partial charge >= 0.3 is 5.97 Å². The fourth-order valence-electron chi connectivity index (χ4n) is 3.80. The molecule has 8 nitrogen and oxygen atoms in total. The van der Waals surface area contributed by atoms with Crippen LogP contribution in [0.15, 0.2) is 77.5 Å². The monoisotopic (exact) mass is 531 g/mol. The molecule has 2 N–H and O–H groups in total. The first-order valence-electron chi connectivity index (χ1n) is 11.9. The Morgan fingerprint density at radius 2 is 1.55 bits per heavy atom. The molecule has 0 unspecified atom stereocenters. The van der Waals surface area contributed by atoms with Crippen LogP contribution in [0.5, 0.6) is 0 Å². The maximum atomic E-state index is 13.2. The van der Waals surface area contributed by atoms with Crippen LogP contribution in [-0.2, 0) is 14.3 Å². The van der Waals surface area contributed by atoms with E-state index in [0.29, 0.717) is 16.9 Å². The summed E-state index contributed by atoms with van der Waals surface area (Å²) in [5.74, 6) is -2.34. The van der Waals surface area contributed by atoms with E-state index in [1.54, 1.807) is 44.2 Å². The second-order valence-electron chi connectivity index (χ2n) is 9.10. The van der Waals surface area contributed by atoms with Crippen molar-refractivity contribution >= 4 is 52.4 Å². The zero-order valence-corrected chi connectivity index (χ0v) is 22.1. The van der Waals surface area contributed by atoms with E-state index in [1.807, 2.05) is 32.0 Å². The number of rotatable bonds is 7. The molecule has 4 rings (SSSR count). The SMILES string of the molecule is Cc1ccc(NC(=O)c2cccc(NC3=C(Cl)C(=O)N(c4cccc(C(=O)OC(C)C)c4)C3=O)c2)cc1C. The van der Waals surface area contributed by atoms with E-state index >= 15 is 0 Å². The Labute approximate surface area is 225 Å². The van der Waals surface area contributed by atoms with Crippen LogP contribution in [0, 0.1) is 13.8 Å². The maximum absolute atomic E-state index is 13.2. The Balaban J connectivity index is 1.52. The van der Waals surface area contributed by atoms with Crippen LogP contribution < -0.4 is 15.5 Å². The maximum Gasteiger partial charge on any atom is 0.338 e. The molecular formula is C29H26ClN3O5. The number of nitrogens with one attached hydrogen (secondary N) is 2. The van der Waals surface area contributed by atoms with Gasteiger partial charge < -0.3 is 15.4 Å². The highest BCUT2D eigenvalue weighted by Gasteiger charge is 2.39. The van der Waals surface area contributed by atoms with Crippen molar-refractivity contribution in [2.45, 2.75) is 33.8 Å². The first-order valence-corrected chi connectivity index (χ1v) is 12.3. The van der Waals surface area contributed by atoms with E-state index in [2.05, 4.69) is 10.6 Å². The molecule has 3 aromatic carbocycles. The summed E-state index contributed by atoms with van der Waals surface area (Å²) in [4.78, 5) is 52.1. The van der Waals surface area contributed by atoms with Crippen molar-refractivity contribution in [1.82, 2.24) is 0 Å². The lowest BCUT2D eigenvalue weighted by Crippen LogP contribution is -2.32. The highest BCUT2D eigenvalue weighted by Crippen LogP contribution is 2.31. The minimum atomic E-state index is -0.739. The van der Waals surface area contributed by atoms with Gasteiger partial charge in [-0.15, -0.1) is 0 Å². The minimum Gasteiger partial charge on any atom is -0.459 e. The predicted molar refractivity (Wildman–Crippen MR) is 146 cm³/mol. The molecule has 0 spiro atoms. The molecular weight excluding hydrogens is 506 g/mol. The fraction of sp³-hybridized carbons (Fsp3) is 0.172. The topological polar surface area (TPSA) is 105 Å². The summed E-state index contributed by atoms with van der Waals surface area (Å²) in [5, 5.41) is 5.42. The number of esters is 1. The number of halogens is 1. The van der Waals surface area contributed by atoms with Gasteiger partial charge in [0, 0.05) is 16.9 Å². The van der Waals surface area contributed by atoms with E-state index in [-0.39, 0.29) is 34.0 Å². The van der Waals surface area contributed by atoms with Gasteiger partial charge in [0.05, 0.1) is 17.4 Å².